The molecule has 14 nitrogen and oxygen atoms in total. The number of hydrogen-bond donors (Lipinski definition) is 7. The van der Waals surface area contributed by atoms with Crippen LogP contribution in [0, 0.1) is 0 Å². The highest BCUT2D eigenvalue weighted by Gasteiger charge is 2.42. The lowest BCUT2D eigenvalue weighted by Crippen LogP contribution is -2.68. The molecule has 0 bridgehead atoms. The van der Waals surface area contributed by atoms with Gasteiger partial charge in [0, 0.05) is 23.5 Å². The van der Waals surface area contributed by atoms with Gasteiger partial charge < -0.3 is 42.0 Å². The fourth-order valence-electron chi connectivity index (χ4n) is 4.42. The SMILES string of the molecule is CC(C)(C)OC(=O)C(C)(C)NC(=O)[C@H](Cc1c[nH]c2ccccc12)NC(=O)C(C)(C)NC(=O)C(C)(C)NC(=O)C(C)(C)NC(=O)C(C)(C)N. The molecule has 5 amide bonds. The summed E-state index contributed by atoms with van der Waals surface area (Å²) >= 11 is 0. The maximum atomic E-state index is 13.8. The van der Waals surface area contributed by atoms with Gasteiger partial charge in [-0.3, -0.25) is 24.0 Å². The lowest BCUT2D eigenvalue weighted by molar-refractivity contribution is -0.163. The minimum absolute atomic E-state index is 0.0535. The van der Waals surface area contributed by atoms with Gasteiger partial charge in [-0.25, -0.2) is 4.79 Å². The summed E-state index contributed by atoms with van der Waals surface area (Å²) in [6.07, 6.45) is 1.80. The first kappa shape index (κ1) is 40.7. The van der Waals surface area contributed by atoms with Crippen LogP contribution < -0.4 is 32.3 Å². The fraction of sp³-hybridized carbons (Fsp3) is 0.600. The van der Waals surface area contributed by atoms with Crippen LogP contribution in [-0.4, -0.2) is 79.8 Å². The number of carbonyl (C=O) groups excluding carboxylic acids is 6. The largest absolute Gasteiger partial charge is 0.458 e. The number of amides is 5. The summed E-state index contributed by atoms with van der Waals surface area (Å²) in [6, 6.07) is 6.31. The van der Waals surface area contributed by atoms with Gasteiger partial charge in [0.05, 0.1) is 5.54 Å². The number of rotatable bonds is 13. The normalized spacial score (nSPS) is 13.6. The zero-order valence-corrected chi connectivity index (χ0v) is 31.1. The molecule has 1 aromatic heterocycles. The number of aromatic amines is 1. The molecule has 0 aliphatic heterocycles. The first-order valence-corrected chi connectivity index (χ1v) is 16.2. The van der Waals surface area contributed by atoms with E-state index in [1.54, 1.807) is 27.0 Å². The molecule has 2 aromatic rings. The number of ether oxygens (including phenoxy) is 1. The molecule has 0 radical (unpaired) electrons. The zero-order chi connectivity index (χ0) is 38.0. The Balaban J connectivity index is 2.29. The minimum Gasteiger partial charge on any atom is -0.458 e. The summed E-state index contributed by atoms with van der Waals surface area (Å²) in [5, 5.41) is 14.2. The highest BCUT2D eigenvalue weighted by Crippen LogP contribution is 2.21. The molecule has 0 aliphatic rings. The summed E-state index contributed by atoms with van der Waals surface area (Å²) in [6.45, 7) is 19.9. The molecular weight excluding hydrogens is 630 g/mol. The van der Waals surface area contributed by atoms with E-state index >= 15 is 0 Å². The van der Waals surface area contributed by atoms with E-state index in [0.29, 0.717) is 0 Å². The van der Waals surface area contributed by atoms with Gasteiger partial charge in [-0.2, -0.15) is 0 Å². The molecule has 2 rings (SSSR count). The fourth-order valence-corrected chi connectivity index (χ4v) is 4.42. The van der Waals surface area contributed by atoms with E-state index in [2.05, 4.69) is 31.6 Å². The van der Waals surface area contributed by atoms with Crippen LogP contribution in [-0.2, 0) is 39.9 Å². The molecule has 8 N–H and O–H groups in total. The number of nitrogens with two attached hydrogens (primary N) is 1. The number of hydrogen-bond acceptors (Lipinski definition) is 8. The second-order valence-electron chi connectivity index (χ2n) is 16.2. The van der Waals surface area contributed by atoms with Crippen molar-refractivity contribution in [2.24, 2.45) is 5.73 Å². The van der Waals surface area contributed by atoms with Gasteiger partial charge in [0.25, 0.3) is 0 Å². The Morgan fingerprint density at radius 1 is 0.673 bits per heavy atom. The molecule has 0 saturated carbocycles. The number of benzene rings is 1. The molecular formula is C35H55N7O7. The van der Waals surface area contributed by atoms with E-state index in [1.165, 1.54) is 69.2 Å². The third-order valence-electron chi connectivity index (χ3n) is 7.63. The standard InChI is InChI=1S/C35H55N7O7/c1-30(2,3)49-29(48)35(12,13)39-24(43)23(18-20-19-37-22-17-15-14-16-21(20)22)38-26(45)32(6,7)41-28(47)34(10,11)42-27(46)33(8,9)40-25(44)31(4,5)36/h14-17,19,23,37H,18,36H2,1-13H3,(H,38,45)(H,39,43)(H,40,44)(H,41,47)(H,42,46)/t23-/m0/s1. The van der Waals surface area contributed by atoms with Gasteiger partial charge in [0.1, 0.15) is 33.8 Å². The van der Waals surface area contributed by atoms with E-state index < -0.39 is 74.8 Å². The van der Waals surface area contributed by atoms with Crippen LogP contribution in [0.4, 0.5) is 0 Å². The van der Waals surface area contributed by atoms with Crippen LogP contribution in [0.25, 0.3) is 10.9 Å². The predicted octanol–water partition coefficient (Wildman–Crippen LogP) is 1.85. The molecule has 14 heteroatoms. The number of H-pyrrole nitrogens is 1. The smallest absolute Gasteiger partial charge is 0.331 e. The van der Waals surface area contributed by atoms with Crippen molar-refractivity contribution in [1.82, 2.24) is 31.6 Å². The molecule has 1 heterocycles. The quantitative estimate of drug-likeness (QED) is 0.154. The Labute approximate surface area is 288 Å². The number of nitrogens with one attached hydrogen (secondary N) is 6. The van der Waals surface area contributed by atoms with Crippen LogP contribution in [0.1, 0.15) is 95.6 Å². The lowest BCUT2D eigenvalue weighted by Gasteiger charge is -2.36. The van der Waals surface area contributed by atoms with Crippen molar-refractivity contribution in [3.63, 3.8) is 0 Å². The summed E-state index contributed by atoms with van der Waals surface area (Å²) in [5.41, 5.74) is -0.583. The number of aromatic nitrogens is 1. The number of para-hydroxylation sites is 1. The highest BCUT2D eigenvalue weighted by atomic mass is 16.6. The Bertz CT molecular complexity index is 1590. The average molecular weight is 686 g/mol. The van der Waals surface area contributed by atoms with Crippen LogP contribution in [0.3, 0.4) is 0 Å². The number of carbonyl (C=O) groups is 6. The second-order valence-corrected chi connectivity index (χ2v) is 16.2. The maximum absolute atomic E-state index is 13.8. The predicted molar refractivity (Wildman–Crippen MR) is 187 cm³/mol. The topological polar surface area (TPSA) is 214 Å². The molecule has 1 aromatic carbocycles. The van der Waals surface area contributed by atoms with Gasteiger partial charge in [-0.15, -0.1) is 0 Å². The molecule has 0 fully saturated rings. The Hall–Kier alpha value is -4.46. The highest BCUT2D eigenvalue weighted by molar-refractivity contribution is 6.00. The van der Waals surface area contributed by atoms with Crippen molar-refractivity contribution in [3.05, 3.63) is 36.0 Å². The summed E-state index contributed by atoms with van der Waals surface area (Å²) in [5.74, 6) is -3.92. The van der Waals surface area contributed by atoms with Crippen molar-refractivity contribution in [2.45, 2.75) is 136 Å². The summed E-state index contributed by atoms with van der Waals surface area (Å²) in [7, 11) is 0. The Morgan fingerprint density at radius 3 is 1.63 bits per heavy atom. The third-order valence-corrected chi connectivity index (χ3v) is 7.63. The van der Waals surface area contributed by atoms with E-state index in [0.717, 1.165) is 16.5 Å². The summed E-state index contributed by atoms with van der Waals surface area (Å²) < 4.78 is 5.49. The van der Waals surface area contributed by atoms with E-state index in [-0.39, 0.29) is 6.42 Å². The van der Waals surface area contributed by atoms with Crippen LogP contribution in [0.2, 0.25) is 0 Å². The third kappa shape index (κ3) is 11.0. The van der Waals surface area contributed by atoms with Crippen molar-refractivity contribution in [1.29, 1.82) is 0 Å². The van der Waals surface area contributed by atoms with Gasteiger partial charge in [-0.1, -0.05) is 18.2 Å². The summed E-state index contributed by atoms with van der Waals surface area (Å²) in [4.78, 5) is 82.7. The van der Waals surface area contributed by atoms with Crippen molar-refractivity contribution < 1.29 is 33.5 Å². The van der Waals surface area contributed by atoms with Crippen LogP contribution in [0.5, 0.6) is 0 Å². The molecule has 0 spiro atoms. The molecule has 49 heavy (non-hydrogen) atoms. The molecule has 1 atom stereocenters. The molecule has 0 saturated heterocycles. The van der Waals surface area contributed by atoms with E-state index in [4.69, 9.17) is 10.5 Å². The minimum atomic E-state index is -1.58. The number of esters is 1. The van der Waals surface area contributed by atoms with Gasteiger partial charge in [0.15, 0.2) is 0 Å². The second kappa shape index (κ2) is 14.2. The molecule has 0 unspecified atom stereocenters. The zero-order valence-electron chi connectivity index (χ0n) is 31.1. The van der Waals surface area contributed by atoms with E-state index in [9.17, 15) is 28.8 Å². The Morgan fingerprint density at radius 2 is 1.14 bits per heavy atom. The van der Waals surface area contributed by atoms with Crippen molar-refractivity contribution in [2.75, 3.05) is 0 Å². The monoisotopic (exact) mass is 685 g/mol. The van der Waals surface area contributed by atoms with Crippen molar-refractivity contribution in [3.8, 4) is 0 Å². The molecule has 0 aliphatic carbocycles. The van der Waals surface area contributed by atoms with Crippen LogP contribution >= 0.6 is 0 Å². The lowest BCUT2D eigenvalue weighted by atomic mass is 9.95. The molecule has 272 valence electrons. The first-order valence-electron chi connectivity index (χ1n) is 16.2. The number of fused-ring (bicyclic) bond motifs is 1. The first-order chi connectivity index (χ1) is 22.0. The Kier molecular flexibility index (Phi) is 11.8. The maximum Gasteiger partial charge on any atom is 0.331 e. The average Bonchev–Trinajstić information content (AvgIpc) is 3.32. The van der Waals surface area contributed by atoms with Crippen LogP contribution in [0.15, 0.2) is 30.5 Å². The van der Waals surface area contributed by atoms with Gasteiger partial charge >= 0.3 is 5.97 Å². The van der Waals surface area contributed by atoms with Gasteiger partial charge in [0.2, 0.25) is 29.5 Å². The van der Waals surface area contributed by atoms with E-state index in [1.807, 2.05) is 24.3 Å². The van der Waals surface area contributed by atoms with Crippen molar-refractivity contribution >= 4 is 46.4 Å². The van der Waals surface area contributed by atoms with Gasteiger partial charge in [-0.05, 0) is 102 Å².